The number of carbonyl (C=O) groups excluding carboxylic acids is 1. The Labute approximate surface area is 176 Å². The number of H-pyrrole nitrogens is 1. The highest BCUT2D eigenvalue weighted by Gasteiger charge is 2.11. The zero-order chi connectivity index (χ0) is 19.5. The fourth-order valence-corrected chi connectivity index (χ4v) is 3.96. The summed E-state index contributed by atoms with van der Waals surface area (Å²) in [4.78, 5) is 12.3. The highest BCUT2D eigenvalue weighted by molar-refractivity contribution is 7.07. The van der Waals surface area contributed by atoms with Crippen molar-refractivity contribution < 1.29 is 4.79 Å². The second kappa shape index (κ2) is 8.19. The number of aromatic nitrogens is 2. The van der Waals surface area contributed by atoms with Crippen LogP contribution in [0.5, 0.6) is 0 Å². The Morgan fingerprint density at radius 1 is 1.07 bits per heavy atom. The van der Waals surface area contributed by atoms with Gasteiger partial charge in [0.05, 0.1) is 16.4 Å². The van der Waals surface area contributed by atoms with Crippen molar-refractivity contribution in [3.8, 4) is 22.5 Å². The van der Waals surface area contributed by atoms with E-state index >= 15 is 0 Å². The molecule has 2 aromatic carbocycles. The highest BCUT2D eigenvalue weighted by Crippen LogP contribution is 2.31. The molecule has 0 fully saturated rings. The maximum atomic E-state index is 12.3. The number of amides is 1. The van der Waals surface area contributed by atoms with Gasteiger partial charge >= 0.3 is 0 Å². The first-order valence-corrected chi connectivity index (χ1v) is 10.2. The van der Waals surface area contributed by atoms with Gasteiger partial charge in [-0.3, -0.25) is 9.89 Å². The summed E-state index contributed by atoms with van der Waals surface area (Å²) in [6.45, 7) is 0.522. The minimum absolute atomic E-state index is 0.103. The number of benzene rings is 2. The van der Waals surface area contributed by atoms with E-state index in [0.29, 0.717) is 22.2 Å². The van der Waals surface area contributed by atoms with E-state index in [1.165, 1.54) is 0 Å². The Balaban J connectivity index is 1.48. The summed E-state index contributed by atoms with van der Waals surface area (Å²) in [7, 11) is 0. The molecule has 0 saturated heterocycles. The third kappa shape index (κ3) is 4.12. The van der Waals surface area contributed by atoms with Gasteiger partial charge < -0.3 is 5.32 Å². The summed E-state index contributed by atoms with van der Waals surface area (Å²) < 4.78 is 0. The van der Waals surface area contributed by atoms with E-state index in [1.54, 1.807) is 35.6 Å². The summed E-state index contributed by atoms with van der Waals surface area (Å²) in [5.74, 6) is -0.103. The lowest BCUT2D eigenvalue weighted by Gasteiger charge is -2.04. The van der Waals surface area contributed by atoms with E-state index < -0.39 is 0 Å². The second-order valence-corrected chi connectivity index (χ2v) is 7.81. The quantitative estimate of drug-likeness (QED) is 0.407. The molecular weight excluding hydrogens is 413 g/mol. The van der Waals surface area contributed by atoms with Crippen LogP contribution >= 0.6 is 34.5 Å². The Bertz CT molecular complexity index is 1110. The fourth-order valence-electron chi connectivity index (χ4n) is 2.79. The number of halogens is 2. The van der Waals surface area contributed by atoms with Gasteiger partial charge in [0.1, 0.15) is 0 Å². The molecule has 0 aliphatic carbocycles. The zero-order valence-corrected chi connectivity index (χ0v) is 16.9. The van der Waals surface area contributed by atoms with Crippen molar-refractivity contribution in [3.63, 3.8) is 0 Å². The maximum Gasteiger partial charge on any atom is 0.251 e. The normalized spacial score (nSPS) is 10.8. The van der Waals surface area contributed by atoms with Crippen LogP contribution in [0.2, 0.25) is 10.0 Å². The Hall–Kier alpha value is -2.60. The molecule has 7 heteroatoms. The number of hydrogen-bond acceptors (Lipinski definition) is 3. The number of hydrogen-bond donors (Lipinski definition) is 2. The summed E-state index contributed by atoms with van der Waals surface area (Å²) in [6.07, 6.45) is 0. The van der Waals surface area contributed by atoms with Crippen molar-refractivity contribution in [2.45, 2.75) is 6.54 Å². The molecule has 4 rings (SSSR count). The monoisotopic (exact) mass is 427 g/mol. The molecule has 2 heterocycles. The number of nitrogens with one attached hydrogen (secondary N) is 2. The second-order valence-electron chi connectivity index (χ2n) is 6.18. The van der Waals surface area contributed by atoms with Gasteiger partial charge in [-0.05, 0) is 58.8 Å². The zero-order valence-electron chi connectivity index (χ0n) is 14.6. The van der Waals surface area contributed by atoms with E-state index in [4.69, 9.17) is 23.2 Å². The molecule has 2 aromatic heterocycles. The summed E-state index contributed by atoms with van der Waals surface area (Å²) >= 11 is 13.8. The van der Waals surface area contributed by atoms with Crippen molar-refractivity contribution in [1.29, 1.82) is 0 Å². The third-order valence-corrected chi connectivity index (χ3v) is 5.56. The lowest BCUT2D eigenvalue weighted by atomic mass is 10.1. The Morgan fingerprint density at radius 2 is 1.89 bits per heavy atom. The van der Waals surface area contributed by atoms with Crippen LogP contribution in [-0.4, -0.2) is 16.1 Å². The lowest BCUT2D eigenvalue weighted by Crippen LogP contribution is -2.22. The van der Waals surface area contributed by atoms with E-state index in [0.717, 1.165) is 28.1 Å². The highest BCUT2D eigenvalue weighted by atomic mass is 35.5. The summed E-state index contributed by atoms with van der Waals surface area (Å²) in [5.41, 5.74) is 5.01. The van der Waals surface area contributed by atoms with Crippen LogP contribution in [-0.2, 0) is 6.54 Å². The number of aromatic amines is 1. The van der Waals surface area contributed by atoms with Crippen LogP contribution in [0.1, 0.15) is 15.9 Å². The lowest BCUT2D eigenvalue weighted by molar-refractivity contribution is 0.0951. The minimum atomic E-state index is -0.103. The average Bonchev–Trinajstić information content (AvgIpc) is 3.38. The molecule has 4 aromatic rings. The van der Waals surface area contributed by atoms with Gasteiger partial charge in [0.25, 0.3) is 5.91 Å². The van der Waals surface area contributed by atoms with Gasteiger partial charge in [-0.15, -0.1) is 0 Å². The summed E-state index contributed by atoms with van der Waals surface area (Å²) in [5, 5.41) is 15.4. The molecular formula is C21H15Cl2N3OS. The number of nitrogens with zero attached hydrogens (tertiary/aromatic N) is 1. The summed E-state index contributed by atoms with van der Waals surface area (Å²) in [6, 6.07) is 16.6. The van der Waals surface area contributed by atoms with Crippen LogP contribution in [0.4, 0.5) is 0 Å². The van der Waals surface area contributed by atoms with Gasteiger partial charge in [-0.25, -0.2) is 0 Å². The first-order valence-electron chi connectivity index (χ1n) is 8.51. The van der Waals surface area contributed by atoms with Crippen LogP contribution < -0.4 is 5.32 Å². The van der Waals surface area contributed by atoms with Gasteiger partial charge in [0.15, 0.2) is 0 Å². The third-order valence-electron chi connectivity index (χ3n) is 4.28. The molecule has 2 N–H and O–H groups in total. The topological polar surface area (TPSA) is 57.8 Å². The Morgan fingerprint density at radius 3 is 2.61 bits per heavy atom. The van der Waals surface area contributed by atoms with Crippen molar-refractivity contribution in [2.24, 2.45) is 0 Å². The number of rotatable bonds is 5. The number of carbonyl (C=O) groups is 1. The predicted octanol–water partition coefficient (Wildman–Crippen LogP) is 6.04. The van der Waals surface area contributed by atoms with Crippen molar-refractivity contribution in [2.75, 3.05) is 0 Å². The van der Waals surface area contributed by atoms with Crippen molar-refractivity contribution in [3.05, 3.63) is 86.5 Å². The molecule has 0 atom stereocenters. The maximum absolute atomic E-state index is 12.3. The van der Waals surface area contributed by atoms with Gasteiger partial charge in [-0.2, -0.15) is 16.4 Å². The van der Waals surface area contributed by atoms with Crippen LogP contribution in [0.25, 0.3) is 22.5 Å². The first-order chi connectivity index (χ1) is 13.6. The van der Waals surface area contributed by atoms with Crippen LogP contribution in [0.15, 0.2) is 65.4 Å². The van der Waals surface area contributed by atoms with Crippen LogP contribution in [0.3, 0.4) is 0 Å². The van der Waals surface area contributed by atoms with Gasteiger partial charge in [0, 0.05) is 28.3 Å². The van der Waals surface area contributed by atoms with E-state index in [1.807, 2.05) is 41.1 Å². The van der Waals surface area contributed by atoms with E-state index in [9.17, 15) is 4.79 Å². The Kier molecular flexibility index (Phi) is 5.48. The average molecular weight is 428 g/mol. The molecule has 140 valence electrons. The number of thiophene rings is 1. The van der Waals surface area contributed by atoms with Crippen LogP contribution in [0, 0.1) is 0 Å². The van der Waals surface area contributed by atoms with E-state index in [2.05, 4.69) is 15.5 Å². The SMILES string of the molecule is O=C(NCc1ccsc1)c1ccc(-c2cc(-c3ccc(Cl)cc3Cl)[nH]n2)cc1. The molecule has 1 amide bonds. The van der Waals surface area contributed by atoms with Gasteiger partial charge in [-0.1, -0.05) is 35.3 Å². The fraction of sp³-hybridized carbons (Fsp3) is 0.0476. The standard InChI is InChI=1S/C21H15Cl2N3OS/c22-16-5-6-17(18(23)9-16)20-10-19(25-26-20)14-1-3-15(4-2-14)21(27)24-11-13-7-8-28-12-13/h1-10,12H,11H2,(H,24,27)(H,25,26). The molecule has 0 spiro atoms. The molecule has 4 nitrogen and oxygen atoms in total. The molecule has 0 saturated carbocycles. The van der Waals surface area contributed by atoms with Gasteiger partial charge in [0.2, 0.25) is 0 Å². The van der Waals surface area contributed by atoms with Crippen molar-refractivity contribution >= 4 is 40.4 Å². The molecule has 0 unspecified atom stereocenters. The van der Waals surface area contributed by atoms with Crippen molar-refractivity contribution in [1.82, 2.24) is 15.5 Å². The molecule has 0 radical (unpaired) electrons. The largest absolute Gasteiger partial charge is 0.348 e. The molecule has 0 aliphatic rings. The molecule has 0 bridgehead atoms. The van der Waals surface area contributed by atoms with E-state index in [-0.39, 0.29) is 5.91 Å². The smallest absolute Gasteiger partial charge is 0.251 e. The molecule has 28 heavy (non-hydrogen) atoms. The molecule has 0 aliphatic heterocycles. The predicted molar refractivity (Wildman–Crippen MR) is 115 cm³/mol. The minimum Gasteiger partial charge on any atom is -0.348 e. The first kappa shape index (κ1) is 18.7.